The lowest BCUT2D eigenvalue weighted by molar-refractivity contribution is 0.0691. The molecule has 0 fully saturated rings. The summed E-state index contributed by atoms with van der Waals surface area (Å²) >= 11 is 1.38. The molecular weight excluding hydrogens is 322 g/mol. The number of thiazole rings is 1. The molecule has 0 radical (unpaired) electrons. The van der Waals surface area contributed by atoms with E-state index in [4.69, 9.17) is 10.1 Å². The van der Waals surface area contributed by atoms with Gasteiger partial charge in [0.25, 0.3) is 0 Å². The van der Waals surface area contributed by atoms with Gasteiger partial charge in [-0.1, -0.05) is 13.8 Å². The predicted molar refractivity (Wildman–Crippen MR) is 95.9 cm³/mol. The van der Waals surface area contributed by atoms with Gasteiger partial charge in [0.1, 0.15) is 10.8 Å². The van der Waals surface area contributed by atoms with Crippen molar-refractivity contribution in [1.29, 1.82) is 0 Å². The number of aromatic carboxylic acids is 1. The highest BCUT2D eigenvalue weighted by Crippen LogP contribution is 2.24. The Labute approximate surface area is 145 Å². The number of carboxylic acid groups (broad SMARTS) is 1. The third kappa shape index (κ3) is 3.19. The van der Waals surface area contributed by atoms with Crippen LogP contribution in [-0.4, -0.2) is 25.6 Å². The Kier molecular flexibility index (Phi) is 4.41. The monoisotopic (exact) mass is 343 g/mol. The van der Waals surface area contributed by atoms with Crippen molar-refractivity contribution in [3.63, 3.8) is 0 Å². The number of fused-ring (bicyclic) bond motifs is 1. The number of benzene rings is 1. The molecule has 126 valence electrons. The van der Waals surface area contributed by atoms with Crippen molar-refractivity contribution in [2.75, 3.05) is 0 Å². The van der Waals surface area contributed by atoms with E-state index in [0.717, 1.165) is 28.3 Å². The lowest BCUT2D eigenvalue weighted by Gasteiger charge is -2.10. The zero-order chi connectivity index (χ0) is 17.4. The fourth-order valence-corrected chi connectivity index (χ4v) is 3.50. The molecule has 0 atom stereocenters. The summed E-state index contributed by atoms with van der Waals surface area (Å²) in [7, 11) is 0. The molecule has 1 N–H and O–H groups in total. The molecule has 0 bridgehead atoms. The highest BCUT2D eigenvalue weighted by atomic mass is 32.1. The summed E-state index contributed by atoms with van der Waals surface area (Å²) in [5, 5.41) is 11.4. The van der Waals surface area contributed by atoms with Crippen molar-refractivity contribution in [2.24, 2.45) is 5.92 Å². The van der Waals surface area contributed by atoms with E-state index in [2.05, 4.69) is 49.4 Å². The van der Waals surface area contributed by atoms with Crippen molar-refractivity contribution in [3.05, 3.63) is 45.2 Å². The van der Waals surface area contributed by atoms with Gasteiger partial charge in [-0.2, -0.15) is 0 Å². The van der Waals surface area contributed by atoms with Crippen LogP contribution >= 0.6 is 11.3 Å². The smallest absolute Gasteiger partial charge is 0.355 e. The van der Waals surface area contributed by atoms with E-state index in [1.165, 1.54) is 22.5 Å². The molecular formula is C18H21N3O2S. The van der Waals surface area contributed by atoms with E-state index < -0.39 is 5.97 Å². The van der Waals surface area contributed by atoms with Crippen LogP contribution in [-0.2, 0) is 13.0 Å². The van der Waals surface area contributed by atoms with E-state index in [1.807, 2.05) is 0 Å². The van der Waals surface area contributed by atoms with Gasteiger partial charge in [0.05, 0.1) is 17.6 Å². The quantitative estimate of drug-likeness (QED) is 0.759. The fourth-order valence-electron chi connectivity index (χ4n) is 2.74. The summed E-state index contributed by atoms with van der Waals surface area (Å²) in [5.41, 5.74) is 4.64. The second kappa shape index (κ2) is 6.36. The molecule has 5 nitrogen and oxygen atoms in total. The first-order chi connectivity index (χ1) is 11.3. The summed E-state index contributed by atoms with van der Waals surface area (Å²) in [6.45, 7) is 9.09. The molecule has 0 saturated carbocycles. The van der Waals surface area contributed by atoms with Crippen LogP contribution in [0.25, 0.3) is 11.0 Å². The minimum Gasteiger partial charge on any atom is -0.476 e. The Hall–Kier alpha value is -2.21. The molecule has 0 aliphatic carbocycles. The topological polar surface area (TPSA) is 68.0 Å². The van der Waals surface area contributed by atoms with Gasteiger partial charge in [0.2, 0.25) is 0 Å². The van der Waals surface area contributed by atoms with Crippen LogP contribution in [0.4, 0.5) is 0 Å². The summed E-state index contributed by atoms with van der Waals surface area (Å²) in [6, 6.07) is 4.28. The van der Waals surface area contributed by atoms with Gasteiger partial charge in [0, 0.05) is 11.8 Å². The minimum absolute atomic E-state index is 0.108. The zero-order valence-electron chi connectivity index (χ0n) is 14.3. The zero-order valence-corrected chi connectivity index (χ0v) is 15.1. The molecule has 3 rings (SSSR count). The third-order valence-corrected chi connectivity index (χ3v) is 4.93. The van der Waals surface area contributed by atoms with Crippen molar-refractivity contribution in [1.82, 2.24) is 14.5 Å². The molecule has 3 aromatic rings. The molecule has 2 heterocycles. The molecule has 0 aliphatic rings. The first-order valence-electron chi connectivity index (χ1n) is 7.99. The van der Waals surface area contributed by atoms with Gasteiger partial charge in [-0.15, -0.1) is 11.3 Å². The predicted octanol–water partition coefficient (Wildman–Crippen LogP) is 4.05. The largest absolute Gasteiger partial charge is 0.476 e. The van der Waals surface area contributed by atoms with E-state index >= 15 is 0 Å². The Morgan fingerprint density at radius 1 is 1.25 bits per heavy atom. The average molecular weight is 343 g/mol. The number of rotatable bonds is 5. The lowest BCUT2D eigenvalue weighted by atomic mass is 10.1. The second-order valence-corrected chi connectivity index (χ2v) is 7.51. The summed E-state index contributed by atoms with van der Waals surface area (Å²) < 4.78 is 2.17. The van der Waals surface area contributed by atoms with Crippen LogP contribution in [0.1, 0.15) is 46.3 Å². The number of aryl methyl sites for hydroxylation is 2. The summed E-state index contributed by atoms with van der Waals surface area (Å²) in [6.07, 6.45) is 0.879. The molecule has 2 aromatic heterocycles. The SMILES string of the molecule is Cc1cc2nc(CC(C)C)n(Cc3nc(C(=O)O)cs3)c2cc1C. The first-order valence-corrected chi connectivity index (χ1v) is 8.87. The number of carbonyl (C=O) groups is 1. The van der Waals surface area contributed by atoms with Crippen LogP contribution < -0.4 is 0 Å². The Bertz CT molecular complexity index is 909. The maximum atomic E-state index is 11.0. The van der Waals surface area contributed by atoms with E-state index in [0.29, 0.717) is 12.5 Å². The van der Waals surface area contributed by atoms with Crippen LogP contribution in [0.2, 0.25) is 0 Å². The molecule has 0 spiro atoms. The molecule has 6 heteroatoms. The number of carboxylic acids is 1. The van der Waals surface area contributed by atoms with Gasteiger partial charge in [0.15, 0.2) is 5.69 Å². The minimum atomic E-state index is -0.984. The standard InChI is InChI=1S/C18H21N3O2S/c1-10(2)5-16-19-13-6-11(3)12(4)7-15(13)21(16)8-17-20-14(9-24-17)18(22)23/h6-7,9-10H,5,8H2,1-4H3,(H,22,23). The van der Waals surface area contributed by atoms with Crippen molar-refractivity contribution in [2.45, 2.75) is 40.7 Å². The first kappa shape index (κ1) is 16.6. The normalized spacial score (nSPS) is 11.5. The molecule has 0 amide bonds. The summed E-state index contributed by atoms with van der Waals surface area (Å²) in [4.78, 5) is 20.1. The second-order valence-electron chi connectivity index (χ2n) is 6.57. The molecule has 1 aromatic carbocycles. The Morgan fingerprint density at radius 2 is 1.96 bits per heavy atom. The van der Waals surface area contributed by atoms with Crippen molar-refractivity contribution >= 4 is 28.3 Å². The number of hydrogen-bond donors (Lipinski definition) is 1. The maximum absolute atomic E-state index is 11.0. The van der Waals surface area contributed by atoms with Gasteiger partial charge in [-0.3, -0.25) is 0 Å². The molecule has 24 heavy (non-hydrogen) atoms. The molecule has 0 unspecified atom stereocenters. The van der Waals surface area contributed by atoms with Crippen LogP contribution in [0.15, 0.2) is 17.5 Å². The van der Waals surface area contributed by atoms with E-state index in [1.54, 1.807) is 5.38 Å². The van der Waals surface area contributed by atoms with Crippen molar-refractivity contribution in [3.8, 4) is 0 Å². The van der Waals surface area contributed by atoms with Crippen LogP contribution in [0.5, 0.6) is 0 Å². The van der Waals surface area contributed by atoms with Crippen LogP contribution in [0.3, 0.4) is 0 Å². The third-order valence-electron chi connectivity index (χ3n) is 4.10. The molecule has 0 saturated heterocycles. The van der Waals surface area contributed by atoms with Crippen LogP contribution in [0, 0.1) is 19.8 Å². The number of imidazole rings is 1. The van der Waals surface area contributed by atoms with E-state index in [9.17, 15) is 4.79 Å². The number of nitrogens with zero attached hydrogens (tertiary/aromatic N) is 3. The van der Waals surface area contributed by atoms with Crippen molar-refractivity contribution < 1.29 is 9.90 Å². The number of hydrogen-bond acceptors (Lipinski definition) is 4. The highest BCUT2D eigenvalue weighted by molar-refractivity contribution is 7.09. The van der Waals surface area contributed by atoms with Gasteiger partial charge in [-0.25, -0.2) is 14.8 Å². The molecule has 0 aliphatic heterocycles. The summed E-state index contributed by atoms with van der Waals surface area (Å²) in [5.74, 6) is 0.535. The highest BCUT2D eigenvalue weighted by Gasteiger charge is 2.16. The Morgan fingerprint density at radius 3 is 2.58 bits per heavy atom. The van der Waals surface area contributed by atoms with Gasteiger partial charge >= 0.3 is 5.97 Å². The number of aromatic nitrogens is 3. The average Bonchev–Trinajstić information content (AvgIpc) is 3.07. The van der Waals surface area contributed by atoms with E-state index in [-0.39, 0.29) is 5.69 Å². The van der Waals surface area contributed by atoms with Gasteiger partial charge < -0.3 is 9.67 Å². The van der Waals surface area contributed by atoms with Gasteiger partial charge in [-0.05, 0) is 43.0 Å². The maximum Gasteiger partial charge on any atom is 0.355 e. The lowest BCUT2D eigenvalue weighted by Crippen LogP contribution is -2.08. The Balaban J connectivity index is 2.08. The fraction of sp³-hybridized carbons (Fsp3) is 0.389.